The fourth-order valence-electron chi connectivity index (χ4n) is 4.07. The lowest BCUT2D eigenvalue weighted by atomic mass is 9.90. The SMILES string of the molecule is CNCC1(C)CCN(Cc2ccn(C3CCCCC3)n2)C1. The maximum Gasteiger partial charge on any atom is 0.0764 e. The highest BCUT2D eigenvalue weighted by Crippen LogP contribution is 2.30. The minimum absolute atomic E-state index is 0.431. The Hall–Kier alpha value is -0.870. The lowest BCUT2D eigenvalue weighted by Gasteiger charge is -2.24. The van der Waals surface area contributed by atoms with Crippen molar-refractivity contribution >= 4 is 0 Å². The first-order valence-electron chi connectivity index (χ1n) is 8.59. The van der Waals surface area contributed by atoms with Crippen LogP contribution in [0.3, 0.4) is 0 Å². The van der Waals surface area contributed by atoms with Crippen LogP contribution in [0.1, 0.15) is 57.2 Å². The average Bonchev–Trinajstić information content (AvgIpc) is 3.08. The van der Waals surface area contributed by atoms with Gasteiger partial charge >= 0.3 is 0 Å². The molecule has 4 nitrogen and oxygen atoms in total. The molecule has 0 aromatic carbocycles. The zero-order chi connectivity index (χ0) is 14.7. The Labute approximate surface area is 128 Å². The molecule has 2 heterocycles. The van der Waals surface area contributed by atoms with E-state index in [1.807, 2.05) is 0 Å². The van der Waals surface area contributed by atoms with Crippen LogP contribution in [0.15, 0.2) is 12.3 Å². The summed E-state index contributed by atoms with van der Waals surface area (Å²) in [4.78, 5) is 2.56. The summed E-state index contributed by atoms with van der Waals surface area (Å²) in [5.74, 6) is 0. The Morgan fingerprint density at radius 2 is 2.14 bits per heavy atom. The molecule has 1 saturated carbocycles. The monoisotopic (exact) mass is 290 g/mol. The highest BCUT2D eigenvalue weighted by molar-refractivity contribution is 5.01. The lowest BCUT2D eigenvalue weighted by Crippen LogP contribution is -2.33. The second-order valence-corrected chi connectivity index (χ2v) is 7.38. The largest absolute Gasteiger partial charge is 0.319 e. The summed E-state index contributed by atoms with van der Waals surface area (Å²) < 4.78 is 2.23. The molecule has 21 heavy (non-hydrogen) atoms. The van der Waals surface area contributed by atoms with E-state index in [1.165, 1.54) is 57.3 Å². The van der Waals surface area contributed by atoms with Crippen molar-refractivity contribution in [2.75, 3.05) is 26.7 Å². The van der Waals surface area contributed by atoms with Gasteiger partial charge in [0.25, 0.3) is 0 Å². The Kier molecular flexibility index (Phi) is 4.65. The van der Waals surface area contributed by atoms with Crippen molar-refractivity contribution in [3.8, 4) is 0 Å². The van der Waals surface area contributed by atoms with E-state index in [9.17, 15) is 0 Å². The second kappa shape index (κ2) is 6.49. The van der Waals surface area contributed by atoms with E-state index in [4.69, 9.17) is 5.10 Å². The summed E-state index contributed by atoms with van der Waals surface area (Å²) in [5.41, 5.74) is 1.68. The summed E-state index contributed by atoms with van der Waals surface area (Å²) in [6, 6.07) is 2.88. The number of likely N-dealkylation sites (tertiary alicyclic amines) is 1. The van der Waals surface area contributed by atoms with Crippen molar-refractivity contribution in [1.82, 2.24) is 20.0 Å². The second-order valence-electron chi connectivity index (χ2n) is 7.38. The van der Waals surface area contributed by atoms with Crippen molar-refractivity contribution in [1.29, 1.82) is 0 Å². The van der Waals surface area contributed by atoms with Crippen LogP contribution in [0.4, 0.5) is 0 Å². The predicted molar refractivity (Wildman–Crippen MR) is 86.3 cm³/mol. The van der Waals surface area contributed by atoms with Gasteiger partial charge in [-0.1, -0.05) is 26.2 Å². The van der Waals surface area contributed by atoms with Crippen LogP contribution in [0.25, 0.3) is 0 Å². The molecule has 0 bridgehead atoms. The van der Waals surface area contributed by atoms with E-state index in [-0.39, 0.29) is 0 Å². The van der Waals surface area contributed by atoms with Gasteiger partial charge in [-0.05, 0) is 44.3 Å². The van der Waals surface area contributed by atoms with Gasteiger partial charge in [0.1, 0.15) is 0 Å². The minimum atomic E-state index is 0.431. The van der Waals surface area contributed by atoms with Crippen LogP contribution < -0.4 is 5.32 Å². The van der Waals surface area contributed by atoms with Crippen molar-refractivity contribution in [3.05, 3.63) is 18.0 Å². The number of hydrogen-bond acceptors (Lipinski definition) is 3. The van der Waals surface area contributed by atoms with E-state index in [1.54, 1.807) is 0 Å². The summed E-state index contributed by atoms with van der Waals surface area (Å²) in [7, 11) is 2.06. The van der Waals surface area contributed by atoms with Gasteiger partial charge in [-0.2, -0.15) is 5.10 Å². The third-order valence-electron chi connectivity index (χ3n) is 5.24. The first kappa shape index (κ1) is 15.0. The standard InChI is InChI=1S/C17H30N4/c1-17(13-18-2)9-11-20(14-17)12-15-8-10-21(19-15)16-6-4-3-5-7-16/h8,10,16,18H,3-7,9,11-14H2,1-2H3. The van der Waals surface area contributed by atoms with Gasteiger partial charge in [-0.3, -0.25) is 9.58 Å². The molecule has 4 heteroatoms. The summed E-state index contributed by atoms with van der Waals surface area (Å²) in [5, 5.41) is 8.19. The fourth-order valence-corrected chi connectivity index (χ4v) is 4.07. The van der Waals surface area contributed by atoms with Crippen LogP contribution in [-0.4, -0.2) is 41.4 Å². The third-order valence-corrected chi connectivity index (χ3v) is 5.24. The van der Waals surface area contributed by atoms with Crippen LogP contribution in [0.2, 0.25) is 0 Å². The Morgan fingerprint density at radius 3 is 2.90 bits per heavy atom. The zero-order valence-electron chi connectivity index (χ0n) is 13.6. The maximum atomic E-state index is 4.85. The quantitative estimate of drug-likeness (QED) is 0.905. The molecule has 1 unspecified atom stereocenters. The number of nitrogens with zero attached hydrogens (tertiary/aromatic N) is 3. The highest BCUT2D eigenvalue weighted by Gasteiger charge is 2.33. The summed E-state index contributed by atoms with van der Waals surface area (Å²) >= 11 is 0. The molecule has 3 rings (SSSR count). The number of hydrogen-bond donors (Lipinski definition) is 1. The van der Waals surface area contributed by atoms with Crippen LogP contribution in [0, 0.1) is 5.41 Å². The Morgan fingerprint density at radius 1 is 1.33 bits per heavy atom. The Balaban J connectivity index is 1.55. The number of aromatic nitrogens is 2. The molecule has 2 fully saturated rings. The normalized spacial score (nSPS) is 28.3. The summed E-state index contributed by atoms with van der Waals surface area (Å²) in [6.45, 7) is 6.90. The van der Waals surface area contributed by atoms with E-state index in [0.717, 1.165) is 13.1 Å². The maximum absolute atomic E-state index is 4.85. The molecule has 1 saturated heterocycles. The van der Waals surface area contributed by atoms with E-state index < -0.39 is 0 Å². The molecule has 118 valence electrons. The van der Waals surface area contributed by atoms with Gasteiger partial charge in [0.05, 0.1) is 11.7 Å². The molecular weight excluding hydrogens is 260 g/mol. The molecule has 1 aromatic heterocycles. The van der Waals surface area contributed by atoms with Crippen molar-refractivity contribution < 1.29 is 0 Å². The van der Waals surface area contributed by atoms with Gasteiger partial charge in [-0.15, -0.1) is 0 Å². The highest BCUT2D eigenvalue weighted by atomic mass is 15.3. The minimum Gasteiger partial charge on any atom is -0.319 e. The van der Waals surface area contributed by atoms with E-state index in [2.05, 4.69) is 41.1 Å². The van der Waals surface area contributed by atoms with E-state index >= 15 is 0 Å². The molecule has 1 aliphatic carbocycles. The van der Waals surface area contributed by atoms with Crippen LogP contribution in [0.5, 0.6) is 0 Å². The van der Waals surface area contributed by atoms with Crippen molar-refractivity contribution in [2.24, 2.45) is 5.41 Å². The lowest BCUT2D eigenvalue weighted by molar-refractivity contribution is 0.261. The molecule has 0 radical (unpaired) electrons. The first-order chi connectivity index (χ1) is 10.2. The molecule has 1 N–H and O–H groups in total. The molecule has 1 aromatic rings. The van der Waals surface area contributed by atoms with Crippen LogP contribution >= 0.6 is 0 Å². The van der Waals surface area contributed by atoms with Crippen molar-refractivity contribution in [3.63, 3.8) is 0 Å². The predicted octanol–water partition coefficient (Wildman–Crippen LogP) is 2.82. The third kappa shape index (κ3) is 3.67. The van der Waals surface area contributed by atoms with Gasteiger partial charge < -0.3 is 5.32 Å². The molecular formula is C17H30N4. The van der Waals surface area contributed by atoms with Gasteiger partial charge in [0.2, 0.25) is 0 Å². The van der Waals surface area contributed by atoms with Gasteiger partial charge in [0, 0.05) is 25.8 Å². The molecule has 1 aliphatic heterocycles. The van der Waals surface area contributed by atoms with Gasteiger partial charge in [0.15, 0.2) is 0 Å². The molecule has 0 amide bonds. The Bertz CT molecular complexity index is 449. The number of rotatable bonds is 5. The number of nitrogens with one attached hydrogen (secondary N) is 1. The first-order valence-corrected chi connectivity index (χ1v) is 8.59. The molecule has 2 aliphatic rings. The van der Waals surface area contributed by atoms with Crippen LogP contribution in [-0.2, 0) is 6.54 Å². The smallest absolute Gasteiger partial charge is 0.0764 e. The zero-order valence-corrected chi connectivity index (χ0v) is 13.6. The van der Waals surface area contributed by atoms with Gasteiger partial charge in [-0.25, -0.2) is 0 Å². The average molecular weight is 290 g/mol. The van der Waals surface area contributed by atoms with E-state index in [0.29, 0.717) is 11.5 Å². The molecule has 1 atom stereocenters. The fraction of sp³-hybridized carbons (Fsp3) is 0.824. The molecule has 0 spiro atoms. The summed E-state index contributed by atoms with van der Waals surface area (Å²) in [6.07, 6.45) is 10.3. The topological polar surface area (TPSA) is 33.1 Å². The van der Waals surface area contributed by atoms with Crippen molar-refractivity contribution in [2.45, 2.75) is 58.0 Å².